The van der Waals surface area contributed by atoms with Crippen LogP contribution in [0, 0.1) is 0 Å². The first-order chi connectivity index (χ1) is 16.1. The molecule has 4 aromatic heterocycles. The highest BCUT2D eigenvalue weighted by atomic mass is 19.4. The summed E-state index contributed by atoms with van der Waals surface area (Å²) >= 11 is 0. The minimum atomic E-state index is -4.71. The number of anilines is 2. The molecule has 0 aromatic carbocycles. The standard InChI is InChI=1S/C20H13F6N7O/c1-2-34-17-12(20(24,25)26)9-28-18(32-17)31-13-6-7-27-16-10(13)3-4-14(30-16)15-11(19(21,22)23)5-8-29-33-15/h3-9H,2H2,1H3,(H,27,28,30,31,32). The lowest BCUT2D eigenvalue weighted by Crippen LogP contribution is -2.12. The van der Waals surface area contributed by atoms with Crippen LogP contribution >= 0.6 is 0 Å². The van der Waals surface area contributed by atoms with Gasteiger partial charge >= 0.3 is 12.4 Å². The summed E-state index contributed by atoms with van der Waals surface area (Å²) in [6, 6.07) is 5.01. The van der Waals surface area contributed by atoms with Crippen molar-refractivity contribution in [1.29, 1.82) is 0 Å². The molecule has 0 fully saturated rings. The van der Waals surface area contributed by atoms with Crippen molar-refractivity contribution in [2.45, 2.75) is 19.3 Å². The SMILES string of the molecule is CCOc1nc(Nc2ccnc3nc(-c4nnccc4C(F)(F)F)ccc23)ncc1C(F)(F)F. The van der Waals surface area contributed by atoms with Crippen molar-refractivity contribution in [2.75, 3.05) is 11.9 Å². The van der Waals surface area contributed by atoms with Gasteiger partial charge in [-0.1, -0.05) is 0 Å². The molecular formula is C20H13F6N7O. The van der Waals surface area contributed by atoms with Gasteiger partial charge in [-0.05, 0) is 31.2 Å². The smallest absolute Gasteiger partial charge is 0.423 e. The van der Waals surface area contributed by atoms with Crippen molar-refractivity contribution in [1.82, 2.24) is 30.1 Å². The Balaban J connectivity index is 1.72. The molecule has 0 spiro atoms. The van der Waals surface area contributed by atoms with E-state index in [0.29, 0.717) is 17.3 Å². The van der Waals surface area contributed by atoms with Gasteiger partial charge in [-0.25, -0.2) is 15.0 Å². The van der Waals surface area contributed by atoms with E-state index >= 15 is 0 Å². The van der Waals surface area contributed by atoms with E-state index in [-0.39, 0.29) is 23.9 Å². The third kappa shape index (κ3) is 4.65. The van der Waals surface area contributed by atoms with Gasteiger partial charge in [-0.2, -0.15) is 36.4 Å². The number of alkyl halides is 6. The highest BCUT2D eigenvalue weighted by Gasteiger charge is 2.36. The summed E-state index contributed by atoms with van der Waals surface area (Å²) in [5.74, 6) is -0.838. The number of hydrogen-bond donors (Lipinski definition) is 1. The van der Waals surface area contributed by atoms with Crippen LogP contribution in [0.3, 0.4) is 0 Å². The highest BCUT2D eigenvalue weighted by Crippen LogP contribution is 2.37. The second-order valence-corrected chi connectivity index (χ2v) is 6.69. The first kappa shape index (κ1) is 23.1. The molecule has 14 heteroatoms. The maximum atomic E-state index is 13.3. The van der Waals surface area contributed by atoms with Gasteiger partial charge in [0.25, 0.3) is 0 Å². The van der Waals surface area contributed by atoms with Gasteiger partial charge in [-0.15, -0.1) is 5.10 Å². The molecule has 0 radical (unpaired) electrons. The van der Waals surface area contributed by atoms with E-state index in [1.807, 2.05) is 0 Å². The zero-order valence-corrected chi connectivity index (χ0v) is 17.1. The number of halogens is 6. The van der Waals surface area contributed by atoms with E-state index in [1.165, 1.54) is 31.3 Å². The average Bonchev–Trinajstić information content (AvgIpc) is 2.78. The summed E-state index contributed by atoms with van der Waals surface area (Å²) in [4.78, 5) is 15.7. The van der Waals surface area contributed by atoms with Crippen LogP contribution in [-0.4, -0.2) is 36.7 Å². The van der Waals surface area contributed by atoms with E-state index in [1.54, 1.807) is 0 Å². The van der Waals surface area contributed by atoms with E-state index in [4.69, 9.17) is 4.74 Å². The summed E-state index contributed by atoms with van der Waals surface area (Å²) < 4.78 is 84.4. The monoisotopic (exact) mass is 481 g/mol. The number of nitrogens with one attached hydrogen (secondary N) is 1. The molecule has 1 N–H and O–H groups in total. The summed E-state index contributed by atoms with van der Waals surface area (Å²) in [7, 11) is 0. The number of pyridine rings is 2. The number of nitrogens with zero attached hydrogens (tertiary/aromatic N) is 6. The number of rotatable bonds is 5. The lowest BCUT2D eigenvalue weighted by atomic mass is 10.1. The lowest BCUT2D eigenvalue weighted by molar-refractivity contribution is -0.139. The van der Waals surface area contributed by atoms with Gasteiger partial charge in [-0.3, -0.25) is 0 Å². The van der Waals surface area contributed by atoms with Gasteiger partial charge in [0.15, 0.2) is 5.65 Å². The Labute approximate surface area is 187 Å². The summed E-state index contributed by atoms with van der Waals surface area (Å²) in [6.45, 7) is 1.46. The van der Waals surface area contributed by atoms with Gasteiger partial charge < -0.3 is 10.1 Å². The second-order valence-electron chi connectivity index (χ2n) is 6.69. The summed E-state index contributed by atoms with van der Waals surface area (Å²) in [5.41, 5.74) is -2.35. The van der Waals surface area contributed by atoms with E-state index in [0.717, 1.165) is 12.3 Å². The molecule has 0 atom stereocenters. The Morgan fingerprint density at radius 1 is 0.882 bits per heavy atom. The predicted molar refractivity (Wildman–Crippen MR) is 107 cm³/mol. The molecular weight excluding hydrogens is 468 g/mol. The Bertz CT molecular complexity index is 1340. The highest BCUT2D eigenvalue weighted by molar-refractivity contribution is 5.91. The Morgan fingerprint density at radius 2 is 1.65 bits per heavy atom. The normalized spacial score (nSPS) is 12.1. The van der Waals surface area contributed by atoms with Crippen LogP contribution in [0.1, 0.15) is 18.1 Å². The quantitative estimate of drug-likeness (QED) is 0.395. The largest absolute Gasteiger partial charge is 0.477 e. The van der Waals surface area contributed by atoms with Crippen molar-refractivity contribution < 1.29 is 31.1 Å². The second kappa shape index (κ2) is 8.68. The maximum absolute atomic E-state index is 13.3. The van der Waals surface area contributed by atoms with Crippen molar-refractivity contribution in [3.05, 3.63) is 54.0 Å². The third-order valence-electron chi connectivity index (χ3n) is 4.46. The minimum absolute atomic E-state index is 0.0489. The van der Waals surface area contributed by atoms with Gasteiger partial charge in [0, 0.05) is 17.8 Å². The minimum Gasteiger partial charge on any atom is -0.477 e. The number of aromatic nitrogens is 6. The van der Waals surface area contributed by atoms with Crippen molar-refractivity contribution in [3.63, 3.8) is 0 Å². The molecule has 176 valence electrons. The molecule has 34 heavy (non-hydrogen) atoms. The van der Waals surface area contributed by atoms with Crippen molar-refractivity contribution in [2.24, 2.45) is 0 Å². The molecule has 4 heterocycles. The number of fused-ring (bicyclic) bond motifs is 1. The number of hydrogen-bond acceptors (Lipinski definition) is 8. The first-order valence-corrected chi connectivity index (χ1v) is 9.57. The first-order valence-electron chi connectivity index (χ1n) is 9.57. The fourth-order valence-electron chi connectivity index (χ4n) is 3.01. The van der Waals surface area contributed by atoms with Crippen molar-refractivity contribution in [3.8, 4) is 17.3 Å². The molecule has 0 aliphatic carbocycles. The van der Waals surface area contributed by atoms with Crippen LogP contribution in [0.4, 0.5) is 38.0 Å². The van der Waals surface area contributed by atoms with Crippen LogP contribution in [0.5, 0.6) is 5.88 Å². The molecule has 0 bridgehead atoms. The topological polar surface area (TPSA) is 98.6 Å². The van der Waals surface area contributed by atoms with Gasteiger partial charge in [0.05, 0.1) is 29.7 Å². The van der Waals surface area contributed by atoms with E-state index in [9.17, 15) is 26.3 Å². The third-order valence-corrected chi connectivity index (χ3v) is 4.46. The summed E-state index contributed by atoms with van der Waals surface area (Å²) in [5, 5.41) is 10.2. The van der Waals surface area contributed by atoms with Crippen LogP contribution in [0.2, 0.25) is 0 Å². The Kier molecular flexibility index (Phi) is 5.89. The molecule has 0 saturated carbocycles. The fraction of sp³-hybridized carbons (Fsp3) is 0.200. The molecule has 0 saturated heterocycles. The van der Waals surface area contributed by atoms with Gasteiger partial charge in [0.1, 0.15) is 11.3 Å². The van der Waals surface area contributed by atoms with E-state index < -0.39 is 35.1 Å². The Hall–Kier alpha value is -4.10. The molecule has 0 aliphatic heterocycles. The van der Waals surface area contributed by atoms with E-state index in [2.05, 4.69) is 35.5 Å². The van der Waals surface area contributed by atoms with Crippen LogP contribution in [0.15, 0.2) is 42.9 Å². The molecule has 0 unspecified atom stereocenters. The molecule has 4 rings (SSSR count). The Morgan fingerprint density at radius 3 is 2.35 bits per heavy atom. The maximum Gasteiger partial charge on any atom is 0.423 e. The van der Waals surface area contributed by atoms with Crippen LogP contribution < -0.4 is 10.1 Å². The van der Waals surface area contributed by atoms with Crippen LogP contribution in [0.25, 0.3) is 22.4 Å². The summed E-state index contributed by atoms with van der Waals surface area (Å²) in [6.07, 6.45) is -6.55. The molecule has 0 aliphatic rings. The molecule has 0 amide bonds. The number of ether oxygens (including phenoxy) is 1. The average molecular weight is 481 g/mol. The van der Waals surface area contributed by atoms with Crippen LogP contribution in [-0.2, 0) is 12.4 Å². The zero-order chi connectivity index (χ0) is 24.5. The molecule has 4 aromatic rings. The fourth-order valence-corrected chi connectivity index (χ4v) is 3.01. The predicted octanol–water partition coefficient (Wildman–Crippen LogP) is 5.06. The van der Waals surface area contributed by atoms with Crippen molar-refractivity contribution >= 4 is 22.7 Å². The lowest BCUT2D eigenvalue weighted by Gasteiger charge is -2.14. The molecule has 8 nitrogen and oxygen atoms in total. The van der Waals surface area contributed by atoms with Gasteiger partial charge in [0.2, 0.25) is 11.8 Å². The zero-order valence-electron chi connectivity index (χ0n) is 17.1.